The summed E-state index contributed by atoms with van der Waals surface area (Å²) >= 11 is 0. The Hall–Kier alpha value is -1.89. The van der Waals surface area contributed by atoms with Crippen molar-refractivity contribution in [3.63, 3.8) is 0 Å². The zero-order chi connectivity index (χ0) is 20.6. The molecular formula is C23H32O6. The molecule has 6 heteroatoms. The molecule has 0 aromatic heterocycles. The summed E-state index contributed by atoms with van der Waals surface area (Å²) in [4.78, 5) is 10.7. The van der Waals surface area contributed by atoms with E-state index in [2.05, 4.69) is 0 Å². The molecule has 1 saturated heterocycles. The number of benzene rings is 1. The maximum absolute atomic E-state index is 10.7. The highest BCUT2D eigenvalue weighted by molar-refractivity contribution is 5.66. The normalized spacial score (nSPS) is 30.6. The molecule has 1 aliphatic heterocycles. The number of carboxylic acids is 1. The number of ether oxygens (including phenoxy) is 2. The molecule has 29 heavy (non-hydrogen) atoms. The van der Waals surface area contributed by atoms with Crippen LogP contribution in [0.2, 0.25) is 0 Å². The molecule has 2 fully saturated rings. The summed E-state index contributed by atoms with van der Waals surface area (Å²) in [5.41, 5.74) is 0. The molecule has 1 aromatic rings. The smallest absolute Gasteiger partial charge is 0.303 e. The van der Waals surface area contributed by atoms with Crippen LogP contribution in [0.25, 0.3) is 0 Å². The van der Waals surface area contributed by atoms with Crippen LogP contribution in [0.5, 0.6) is 5.75 Å². The molecular weight excluding hydrogens is 372 g/mol. The van der Waals surface area contributed by atoms with Crippen LogP contribution in [-0.2, 0) is 9.53 Å². The summed E-state index contributed by atoms with van der Waals surface area (Å²) in [5.74, 6) is 0.537. The Balaban J connectivity index is 1.49. The summed E-state index contributed by atoms with van der Waals surface area (Å²) in [6.45, 7) is 0.803. The zero-order valence-corrected chi connectivity index (χ0v) is 16.7. The topological polar surface area (TPSA) is 96.2 Å². The highest BCUT2D eigenvalue weighted by Gasteiger charge is 2.43. The van der Waals surface area contributed by atoms with Gasteiger partial charge in [-0.25, -0.2) is 0 Å². The second-order valence-corrected chi connectivity index (χ2v) is 8.22. The molecule has 6 nitrogen and oxygen atoms in total. The maximum atomic E-state index is 10.7. The summed E-state index contributed by atoms with van der Waals surface area (Å²) in [5, 5.41) is 29.5. The molecule has 0 radical (unpaired) electrons. The third-order valence-corrected chi connectivity index (χ3v) is 6.07. The number of aliphatic carboxylic acids is 1. The Bertz CT molecular complexity index is 661. The van der Waals surface area contributed by atoms with E-state index in [1.165, 1.54) is 0 Å². The zero-order valence-electron chi connectivity index (χ0n) is 16.7. The molecule has 1 unspecified atom stereocenters. The van der Waals surface area contributed by atoms with Crippen molar-refractivity contribution in [2.24, 2.45) is 17.8 Å². The third-order valence-electron chi connectivity index (χ3n) is 6.07. The lowest BCUT2D eigenvalue weighted by Crippen LogP contribution is -2.22. The van der Waals surface area contributed by atoms with E-state index in [-0.39, 0.29) is 31.0 Å². The van der Waals surface area contributed by atoms with Crippen LogP contribution in [0.3, 0.4) is 0 Å². The molecule has 2 aliphatic rings. The van der Waals surface area contributed by atoms with E-state index in [0.29, 0.717) is 31.1 Å². The van der Waals surface area contributed by atoms with Crippen LogP contribution in [0.1, 0.15) is 38.5 Å². The van der Waals surface area contributed by atoms with Gasteiger partial charge >= 0.3 is 5.97 Å². The van der Waals surface area contributed by atoms with Gasteiger partial charge in [0.15, 0.2) is 0 Å². The average molecular weight is 405 g/mol. The molecule has 3 N–H and O–H groups in total. The van der Waals surface area contributed by atoms with Gasteiger partial charge in [-0.3, -0.25) is 4.79 Å². The van der Waals surface area contributed by atoms with Crippen molar-refractivity contribution in [2.75, 3.05) is 13.2 Å². The second-order valence-electron chi connectivity index (χ2n) is 8.22. The van der Waals surface area contributed by atoms with Gasteiger partial charge in [-0.05, 0) is 49.7 Å². The highest BCUT2D eigenvalue weighted by Crippen LogP contribution is 2.42. The lowest BCUT2D eigenvalue weighted by molar-refractivity contribution is -0.137. The van der Waals surface area contributed by atoms with Crippen LogP contribution in [0, 0.1) is 17.8 Å². The SMILES string of the molecule is O=C(O)CCCC1CC[C@@H]2[C@@H](/C=C/[C@@H](O)COc3ccccc3)[C@H](O)C[C@H]2OC1. The monoisotopic (exact) mass is 404 g/mol. The van der Waals surface area contributed by atoms with E-state index < -0.39 is 18.2 Å². The summed E-state index contributed by atoms with van der Waals surface area (Å²) in [7, 11) is 0. The van der Waals surface area contributed by atoms with Gasteiger partial charge in [0, 0.05) is 25.4 Å². The van der Waals surface area contributed by atoms with E-state index in [0.717, 1.165) is 19.3 Å². The largest absolute Gasteiger partial charge is 0.491 e. The molecule has 1 saturated carbocycles. The number of carboxylic acid groups (broad SMARTS) is 1. The number of carbonyl (C=O) groups is 1. The summed E-state index contributed by atoms with van der Waals surface area (Å²) in [6.07, 6.45) is 6.75. The van der Waals surface area contributed by atoms with Gasteiger partial charge in [-0.1, -0.05) is 30.4 Å². The summed E-state index contributed by atoms with van der Waals surface area (Å²) < 4.78 is 11.7. The van der Waals surface area contributed by atoms with Gasteiger partial charge in [-0.2, -0.15) is 0 Å². The minimum absolute atomic E-state index is 0.0295. The molecule has 160 valence electrons. The lowest BCUT2D eigenvalue weighted by atomic mass is 9.86. The Labute approximate surface area is 172 Å². The predicted octanol–water partition coefficient (Wildman–Crippen LogP) is 3.03. The van der Waals surface area contributed by atoms with Crippen molar-refractivity contribution in [2.45, 2.75) is 56.8 Å². The first kappa shape index (κ1) is 21.8. The van der Waals surface area contributed by atoms with E-state index in [9.17, 15) is 15.0 Å². The number of aliphatic hydroxyl groups excluding tert-OH is 2. The van der Waals surface area contributed by atoms with E-state index in [4.69, 9.17) is 14.6 Å². The Morgan fingerprint density at radius 1 is 1.28 bits per heavy atom. The van der Waals surface area contributed by atoms with Gasteiger partial charge in [0.25, 0.3) is 0 Å². The molecule has 1 aromatic carbocycles. The highest BCUT2D eigenvalue weighted by atomic mass is 16.5. The quantitative estimate of drug-likeness (QED) is 0.548. The minimum Gasteiger partial charge on any atom is -0.491 e. The molecule has 1 heterocycles. The van der Waals surface area contributed by atoms with Crippen LogP contribution >= 0.6 is 0 Å². The van der Waals surface area contributed by atoms with E-state index in [1.54, 1.807) is 6.08 Å². The maximum Gasteiger partial charge on any atom is 0.303 e. The van der Waals surface area contributed by atoms with Crippen molar-refractivity contribution in [3.8, 4) is 5.75 Å². The number of hydrogen-bond acceptors (Lipinski definition) is 5. The van der Waals surface area contributed by atoms with Gasteiger partial charge in [0.2, 0.25) is 0 Å². The molecule has 6 atom stereocenters. The predicted molar refractivity (Wildman–Crippen MR) is 109 cm³/mol. The number of hydrogen-bond donors (Lipinski definition) is 3. The van der Waals surface area contributed by atoms with E-state index in [1.807, 2.05) is 36.4 Å². The lowest BCUT2D eigenvalue weighted by Gasteiger charge is -2.21. The summed E-state index contributed by atoms with van der Waals surface area (Å²) in [6, 6.07) is 9.36. The number of rotatable bonds is 9. The fourth-order valence-corrected chi connectivity index (χ4v) is 4.50. The van der Waals surface area contributed by atoms with Gasteiger partial charge < -0.3 is 24.8 Å². The fourth-order valence-electron chi connectivity index (χ4n) is 4.50. The van der Waals surface area contributed by atoms with Crippen molar-refractivity contribution in [1.29, 1.82) is 0 Å². The number of aliphatic hydroxyl groups is 2. The van der Waals surface area contributed by atoms with Crippen molar-refractivity contribution in [3.05, 3.63) is 42.5 Å². The molecule has 0 spiro atoms. The molecule has 0 bridgehead atoms. The van der Waals surface area contributed by atoms with Crippen LogP contribution in [0.4, 0.5) is 0 Å². The second kappa shape index (κ2) is 10.8. The standard InChI is InChI=1S/C23H32O6/c24-17(15-28-18-6-2-1-3-7-18)10-12-19-20-11-9-16(5-4-8-23(26)27)14-29-22(20)13-21(19)25/h1-3,6-7,10,12,16-17,19-22,24-25H,4-5,8-9,11,13-15H2,(H,26,27)/b12-10+/t16?,17-,19-,20-,21-,22-/m1/s1. The van der Waals surface area contributed by atoms with E-state index >= 15 is 0 Å². The number of fused-ring (bicyclic) bond motifs is 1. The molecule has 3 rings (SSSR count). The first-order valence-electron chi connectivity index (χ1n) is 10.6. The van der Waals surface area contributed by atoms with Crippen molar-refractivity contribution < 1.29 is 29.6 Å². The van der Waals surface area contributed by atoms with Gasteiger partial charge in [0.1, 0.15) is 18.5 Å². The Morgan fingerprint density at radius 3 is 2.83 bits per heavy atom. The van der Waals surface area contributed by atoms with Gasteiger partial charge in [-0.15, -0.1) is 0 Å². The number of para-hydroxylation sites is 1. The van der Waals surface area contributed by atoms with Crippen LogP contribution in [0.15, 0.2) is 42.5 Å². The Morgan fingerprint density at radius 2 is 2.07 bits per heavy atom. The van der Waals surface area contributed by atoms with Crippen molar-refractivity contribution >= 4 is 5.97 Å². The van der Waals surface area contributed by atoms with Gasteiger partial charge in [0.05, 0.1) is 12.2 Å². The fraction of sp³-hybridized carbons (Fsp3) is 0.609. The van der Waals surface area contributed by atoms with Crippen molar-refractivity contribution in [1.82, 2.24) is 0 Å². The van der Waals surface area contributed by atoms with Crippen LogP contribution in [-0.4, -0.2) is 52.8 Å². The first-order valence-corrected chi connectivity index (χ1v) is 10.6. The average Bonchev–Trinajstić information content (AvgIpc) is 2.87. The first-order chi connectivity index (χ1) is 14.0. The van der Waals surface area contributed by atoms with Crippen LogP contribution < -0.4 is 4.74 Å². The minimum atomic E-state index is -0.750. The molecule has 0 amide bonds. The molecule has 1 aliphatic carbocycles. The third kappa shape index (κ3) is 6.56. The Kier molecular flexibility index (Phi) is 8.09.